The first-order valence-corrected chi connectivity index (χ1v) is 7.79. The van der Waals surface area contributed by atoms with Crippen LogP contribution in [0, 0.1) is 11.8 Å². The number of hydrogen-bond donors (Lipinski definition) is 0. The molecule has 3 heterocycles. The number of carbonyl (C=O) groups is 2. The van der Waals surface area contributed by atoms with Gasteiger partial charge in [0.2, 0.25) is 11.8 Å². The number of amides is 2. The highest BCUT2D eigenvalue weighted by molar-refractivity contribution is 9.10. The zero-order chi connectivity index (χ0) is 14.9. The van der Waals surface area contributed by atoms with E-state index < -0.39 is 17.4 Å². The minimum absolute atomic E-state index is 0.207. The topological polar surface area (TPSA) is 46.6 Å². The van der Waals surface area contributed by atoms with Gasteiger partial charge in [-0.2, -0.15) is 0 Å². The van der Waals surface area contributed by atoms with Crippen LogP contribution in [-0.4, -0.2) is 23.5 Å². The van der Waals surface area contributed by atoms with Crippen LogP contribution in [-0.2, 0) is 14.3 Å². The summed E-state index contributed by atoms with van der Waals surface area (Å²) in [7, 11) is 0. The monoisotopic (exact) mass is 367 g/mol. The van der Waals surface area contributed by atoms with Gasteiger partial charge in [0.05, 0.1) is 34.3 Å². The summed E-state index contributed by atoms with van der Waals surface area (Å²) in [5, 5.41) is 0.466. The van der Waals surface area contributed by atoms with Gasteiger partial charge in [0.1, 0.15) is 0 Å². The van der Waals surface area contributed by atoms with Crippen LogP contribution in [0.5, 0.6) is 0 Å². The van der Waals surface area contributed by atoms with Crippen molar-refractivity contribution < 1.29 is 14.3 Å². The van der Waals surface area contributed by atoms with Crippen molar-refractivity contribution in [2.45, 2.75) is 18.6 Å². The number of anilines is 1. The largest absolute Gasteiger partial charge is 0.362 e. The molecule has 2 bridgehead atoms. The van der Waals surface area contributed by atoms with E-state index in [9.17, 15) is 9.59 Å². The van der Waals surface area contributed by atoms with Gasteiger partial charge in [-0.25, -0.2) is 4.90 Å². The van der Waals surface area contributed by atoms with E-state index in [1.54, 1.807) is 18.2 Å². The molecule has 2 saturated heterocycles. The summed E-state index contributed by atoms with van der Waals surface area (Å²) < 4.78 is 6.51. The molecule has 0 saturated carbocycles. The Kier molecular flexibility index (Phi) is 2.69. The lowest BCUT2D eigenvalue weighted by atomic mass is 9.78. The second kappa shape index (κ2) is 4.18. The summed E-state index contributed by atoms with van der Waals surface area (Å²) >= 11 is 9.38. The van der Waals surface area contributed by atoms with E-state index in [1.807, 2.05) is 19.1 Å². The molecule has 0 aliphatic carbocycles. The normalized spacial score (nSPS) is 36.7. The Labute approximate surface area is 134 Å². The molecule has 4 rings (SSSR count). The van der Waals surface area contributed by atoms with Crippen LogP contribution in [0.3, 0.4) is 0 Å². The first-order valence-electron chi connectivity index (χ1n) is 6.62. The standard InChI is InChI=1S/C15H11BrClNO3/c1-15-5-4-10(21-15)11-12(15)14(20)18(13(11)19)7-2-3-8(16)9(17)6-7/h2-6,10-12H,1H3/t10-,11+,12+,15+/m1/s1. The molecule has 3 aliphatic heterocycles. The third-order valence-electron chi connectivity index (χ3n) is 4.49. The van der Waals surface area contributed by atoms with Crippen molar-refractivity contribution in [3.05, 3.63) is 39.8 Å². The summed E-state index contributed by atoms with van der Waals surface area (Å²) in [6, 6.07) is 5.07. The van der Waals surface area contributed by atoms with Crippen molar-refractivity contribution in [2.24, 2.45) is 11.8 Å². The van der Waals surface area contributed by atoms with Crippen molar-refractivity contribution in [3.8, 4) is 0 Å². The molecule has 4 nitrogen and oxygen atoms in total. The average Bonchev–Trinajstić information content (AvgIpc) is 3.03. The summed E-state index contributed by atoms with van der Waals surface area (Å²) in [6.45, 7) is 1.86. The third-order valence-corrected chi connectivity index (χ3v) is 5.72. The molecule has 0 N–H and O–H groups in total. The van der Waals surface area contributed by atoms with Crippen molar-refractivity contribution in [2.75, 3.05) is 4.90 Å². The zero-order valence-corrected chi connectivity index (χ0v) is 13.4. The lowest BCUT2D eigenvalue weighted by Crippen LogP contribution is -2.38. The molecule has 108 valence electrons. The van der Waals surface area contributed by atoms with Gasteiger partial charge < -0.3 is 4.74 Å². The van der Waals surface area contributed by atoms with Crippen molar-refractivity contribution in [3.63, 3.8) is 0 Å². The number of carbonyl (C=O) groups excluding carboxylic acids is 2. The van der Waals surface area contributed by atoms with Crippen molar-refractivity contribution in [1.29, 1.82) is 0 Å². The molecule has 0 unspecified atom stereocenters. The van der Waals surface area contributed by atoms with Gasteiger partial charge in [0.25, 0.3) is 0 Å². The maximum Gasteiger partial charge on any atom is 0.241 e. The highest BCUT2D eigenvalue weighted by Gasteiger charge is 2.66. The van der Waals surface area contributed by atoms with Gasteiger partial charge >= 0.3 is 0 Å². The number of rotatable bonds is 1. The number of benzene rings is 1. The Hall–Kier alpha value is -1.17. The first kappa shape index (κ1) is 13.5. The molecule has 21 heavy (non-hydrogen) atoms. The van der Waals surface area contributed by atoms with Crippen LogP contribution in [0.15, 0.2) is 34.8 Å². The Morgan fingerprint density at radius 2 is 2.10 bits per heavy atom. The highest BCUT2D eigenvalue weighted by Crippen LogP contribution is 2.52. The van der Waals surface area contributed by atoms with E-state index in [0.717, 1.165) is 4.47 Å². The molecule has 0 radical (unpaired) electrons. The number of fused-ring (bicyclic) bond motifs is 5. The lowest BCUT2D eigenvalue weighted by molar-refractivity contribution is -0.126. The molecular weight excluding hydrogens is 358 g/mol. The van der Waals surface area contributed by atoms with Crippen LogP contribution in [0.4, 0.5) is 5.69 Å². The highest BCUT2D eigenvalue weighted by atomic mass is 79.9. The molecule has 2 amide bonds. The fraction of sp³-hybridized carbons (Fsp3) is 0.333. The molecule has 4 atom stereocenters. The van der Waals surface area contributed by atoms with Crippen LogP contribution >= 0.6 is 27.5 Å². The summed E-state index contributed by atoms with van der Waals surface area (Å²) in [5.41, 5.74) is -0.161. The maximum atomic E-state index is 12.7. The van der Waals surface area contributed by atoms with Crippen LogP contribution in [0.25, 0.3) is 0 Å². The lowest BCUT2D eigenvalue weighted by Gasteiger charge is -2.24. The van der Waals surface area contributed by atoms with E-state index in [4.69, 9.17) is 16.3 Å². The molecule has 1 aromatic carbocycles. The molecular formula is C15H11BrClNO3. The number of nitrogens with zero attached hydrogens (tertiary/aromatic N) is 1. The SMILES string of the molecule is C[C@@]12C=C[C@@H](O1)[C@@H]1C(=O)N(c3ccc(Br)c(Cl)c3)C(=O)[C@H]12. The first-order chi connectivity index (χ1) is 9.92. The fourth-order valence-electron chi connectivity index (χ4n) is 3.53. The minimum atomic E-state index is -0.671. The number of ether oxygens (including phenoxy) is 1. The van der Waals surface area contributed by atoms with E-state index in [-0.39, 0.29) is 17.9 Å². The average molecular weight is 369 g/mol. The van der Waals surface area contributed by atoms with Gasteiger partial charge in [-0.15, -0.1) is 0 Å². The Bertz CT molecular complexity index is 719. The quantitative estimate of drug-likeness (QED) is 0.565. The van der Waals surface area contributed by atoms with Crippen molar-refractivity contribution >= 4 is 45.0 Å². The third kappa shape index (κ3) is 1.65. The van der Waals surface area contributed by atoms with E-state index >= 15 is 0 Å². The maximum absolute atomic E-state index is 12.7. The summed E-state index contributed by atoms with van der Waals surface area (Å²) in [6.07, 6.45) is 3.47. The fourth-order valence-corrected chi connectivity index (χ4v) is 3.95. The van der Waals surface area contributed by atoms with Crippen LogP contribution in [0.1, 0.15) is 6.92 Å². The van der Waals surface area contributed by atoms with E-state index in [2.05, 4.69) is 15.9 Å². The van der Waals surface area contributed by atoms with E-state index in [1.165, 1.54) is 4.90 Å². The molecule has 0 spiro atoms. The van der Waals surface area contributed by atoms with Crippen LogP contribution < -0.4 is 4.90 Å². The second-order valence-corrected chi connectivity index (χ2v) is 7.00. The smallest absolute Gasteiger partial charge is 0.241 e. The second-order valence-electron chi connectivity index (χ2n) is 5.74. The van der Waals surface area contributed by atoms with Gasteiger partial charge in [-0.3, -0.25) is 9.59 Å². The van der Waals surface area contributed by atoms with Crippen molar-refractivity contribution in [1.82, 2.24) is 0 Å². The zero-order valence-electron chi connectivity index (χ0n) is 11.0. The predicted molar refractivity (Wildman–Crippen MR) is 81.0 cm³/mol. The Morgan fingerprint density at radius 1 is 1.33 bits per heavy atom. The number of hydrogen-bond acceptors (Lipinski definition) is 3. The van der Waals surface area contributed by atoms with Gasteiger partial charge in [0.15, 0.2) is 0 Å². The minimum Gasteiger partial charge on any atom is -0.362 e. The Balaban J connectivity index is 1.78. The van der Waals surface area contributed by atoms with Gasteiger partial charge in [-0.05, 0) is 41.1 Å². The van der Waals surface area contributed by atoms with E-state index in [0.29, 0.717) is 10.7 Å². The molecule has 1 aromatic rings. The van der Waals surface area contributed by atoms with Crippen LogP contribution in [0.2, 0.25) is 5.02 Å². The van der Waals surface area contributed by atoms with Gasteiger partial charge in [-0.1, -0.05) is 23.8 Å². The molecule has 2 fully saturated rings. The van der Waals surface area contributed by atoms with Gasteiger partial charge in [0, 0.05) is 4.47 Å². The summed E-state index contributed by atoms with van der Waals surface area (Å²) in [4.78, 5) is 26.6. The predicted octanol–water partition coefficient (Wildman–Crippen LogP) is 2.94. The molecule has 6 heteroatoms. The molecule has 0 aromatic heterocycles. The molecule has 3 aliphatic rings. The summed E-state index contributed by atoms with van der Waals surface area (Å²) in [5.74, 6) is -1.28. The number of halogens is 2. The number of imide groups is 1. The Morgan fingerprint density at radius 3 is 2.76 bits per heavy atom.